The smallest absolute Gasteiger partial charge is 0.411 e. The van der Waals surface area contributed by atoms with Crippen LogP contribution < -0.4 is 47.1 Å². The van der Waals surface area contributed by atoms with E-state index >= 15 is 0 Å². The number of anilines is 5. The van der Waals surface area contributed by atoms with E-state index in [9.17, 15) is 36.0 Å². The molecule has 8 rings (SSSR count). The van der Waals surface area contributed by atoms with Gasteiger partial charge in [0.05, 0.1) is 31.8 Å². The number of nitrogens with zero attached hydrogens (tertiary/aromatic N) is 5. The maximum absolute atomic E-state index is 13.6. The molecule has 2 heterocycles. The number of aromatic nitrogens is 2. The van der Waals surface area contributed by atoms with E-state index in [1.165, 1.54) is 34.8 Å². The largest absolute Gasteiger partial charge is 0.447 e. The summed E-state index contributed by atoms with van der Waals surface area (Å²) in [5.74, 6) is 0. The predicted octanol–water partition coefficient (Wildman–Crippen LogP) is 14.2. The van der Waals surface area contributed by atoms with Gasteiger partial charge in [-0.1, -0.05) is 47.6 Å². The molecule has 8 aromatic rings. The van der Waals surface area contributed by atoms with Crippen molar-refractivity contribution in [2.45, 2.75) is 115 Å². The number of nitrogens with one attached hydrogen (secondary N) is 8. The molecule has 0 radical (unpaired) electrons. The van der Waals surface area contributed by atoms with Gasteiger partial charge in [0.15, 0.2) is 0 Å². The molecule has 90 heavy (non-hydrogen) atoms. The van der Waals surface area contributed by atoms with Gasteiger partial charge < -0.3 is 36.5 Å². The van der Waals surface area contributed by atoms with Crippen LogP contribution in [-0.2, 0) is 42.6 Å². The third kappa shape index (κ3) is 20.6. The molecule has 0 aliphatic heterocycles. The molecule has 0 aliphatic carbocycles. The summed E-state index contributed by atoms with van der Waals surface area (Å²) < 4.78 is 70.0. The lowest BCUT2D eigenvalue weighted by Gasteiger charge is -2.22. The van der Waals surface area contributed by atoms with Gasteiger partial charge in [0, 0.05) is 97.9 Å². The third-order valence-corrected chi connectivity index (χ3v) is 17.6. The fourth-order valence-electron chi connectivity index (χ4n) is 8.35. The number of thiazole rings is 2. The Kier molecular flexibility index (Phi) is 22.5. The van der Waals surface area contributed by atoms with E-state index in [4.69, 9.17) is 20.7 Å². The quantitative estimate of drug-likeness (QED) is 0.0158. The van der Waals surface area contributed by atoms with Gasteiger partial charge in [0.2, 0.25) is 20.0 Å². The van der Waals surface area contributed by atoms with Gasteiger partial charge in [-0.15, -0.1) is 22.7 Å². The second-order valence-corrected chi connectivity index (χ2v) is 28.1. The zero-order valence-electron chi connectivity index (χ0n) is 51.0. The van der Waals surface area contributed by atoms with E-state index in [0.717, 1.165) is 16.7 Å². The number of amides is 6. The summed E-state index contributed by atoms with van der Waals surface area (Å²) in [6.45, 7) is 17.9. The standard InChI is InChI=1S/C31H34N8O5S2.C31H36N6O5S2/c1-19(2)44-30(41)36-22-11-9-21(10-12-22)28-33-18-26(45-28)25-14-13-23(16-27(25)46(42,43)38-31(3,4)5)35-29(40)34-17-20-7-6-8-24(15-20)37-39-32;1-19(2)42-30(39)36-23-11-9-21(10-12-23)28-33-18-26(43-28)25-14-13-24(16-27(25)44(40,41)37-31(3,4)5)35-29(38)34-17-20-7-6-8-22(32)15-20/h6-16,18-19,38H,17H2,1-5H3,(H,36,41)(H2,34,35,40);6-16,18-19,37H,17,32H2,1-5H3,(H,36,39)(H2,34,35,38). The van der Waals surface area contributed by atoms with Crippen molar-refractivity contribution in [3.05, 3.63) is 167 Å². The number of carbonyl (C=O) groups is 4. The molecule has 0 atom stereocenters. The highest BCUT2D eigenvalue weighted by molar-refractivity contribution is 7.90. The second-order valence-electron chi connectivity index (χ2n) is 22.7. The van der Waals surface area contributed by atoms with Crippen LogP contribution >= 0.6 is 22.7 Å². The van der Waals surface area contributed by atoms with Crippen LogP contribution in [0, 0.1) is 0 Å². The van der Waals surface area contributed by atoms with Crippen molar-refractivity contribution in [1.29, 1.82) is 0 Å². The lowest BCUT2D eigenvalue weighted by atomic mass is 10.1. The number of nitrogens with two attached hydrogens (primary N) is 1. The molecule has 0 bridgehead atoms. The summed E-state index contributed by atoms with van der Waals surface area (Å²) in [4.78, 5) is 62.2. The number of sulfonamides is 2. The Balaban J connectivity index is 0.000000256. The molecule has 0 aliphatic rings. The first-order valence-electron chi connectivity index (χ1n) is 27.9. The molecule has 0 spiro atoms. The lowest BCUT2D eigenvalue weighted by Crippen LogP contribution is -2.40. The average Bonchev–Trinajstić information content (AvgIpc) is 1.55. The average molecular weight is 1300 g/mol. The van der Waals surface area contributed by atoms with E-state index in [0.29, 0.717) is 64.9 Å². The number of azide groups is 1. The topological polar surface area (TPSA) is 352 Å². The number of carbonyl (C=O) groups excluding carboxylic acids is 4. The Labute approximate surface area is 530 Å². The summed E-state index contributed by atoms with van der Waals surface area (Å²) in [5, 5.41) is 21.1. The molecule has 6 amide bonds. The van der Waals surface area contributed by atoms with Crippen LogP contribution in [0.25, 0.3) is 52.5 Å². The monoisotopic (exact) mass is 1300 g/mol. The Bertz CT molecular complexity index is 4160. The van der Waals surface area contributed by atoms with E-state index in [-0.39, 0.29) is 40.8 Å². The first-order valence-corrected chi connectivity index (χ1v) is 32.5. The first-order chi connectivity index (χ1) is 42.4. The number of benzene rings is 6. The predicted molar refractivity (Wildman–Crippen MR) is 354 cm³/mol. The Morgan fingerprint density at radius 1 is 0.556 bits per heavy atom. The molecule has 24 nitrogen and oxygen atoms in total. The van der Waals surface area contributed by atoms with Crippen LogP contribution in [0.15, 0.2) is 161 Å². The summed E-state index contributed by atoms with van der Waals surface area (Å²) >= 11 is 2.62. The number of nitrogen functional groups attached to an aromatic ring is 1. The van der Waals surface area contributed by atoms with Crippen LogP contribution in [0.5, 0.6) is 0 Å². The fourth-order valence-corrected chi connectivity index (χ4v) is 13.7. The molecule has 472 valence electrons. The summed E-state index contributed by atoms with van der Waals surface area (Å²) in [7, 11) is -8.04. The van der Waals surface area contributed by atoms with E-state index in [1.54, 1.807) is 185 Å². The van der Waals surface area contributed by atoms with Crippen molar-refractivity contribution >= 4 is 101 Å². The molecule has 0 saturated carbocycles. The van der Waals surface area contributed by atoms with E-state index < -0.39 is 55.4 Å². The molecule has 2 aromatic heterocycles. The van der Waals surface area contributed by atoms with Gasteiger partial charge in [-0.2, -0.15) is 0 Å². The van der Waals surface area contributed by atoms with Crippen molar-refractivity contribution in [3.63, 3.8) is 0 Å². The zero-order chi connectivity index (χ0) is 65.6. The minimum atomic E-state index is -4.04. The molecule has 6 aromatic carbocycles. The first kappa shape index (κ1) is 68.1. The number of hydrogen-bond donors (Lipinski definition) is 9. The van der Waals surface area contributed by atoms with Crippen molar-refractivity contribution in [1.82, 2.24) is 30.0 Å². The number of urea groups is 2. The molecule has 10 N–H and O–H groups in total. The summed E-state index contributed by atoms with van der Waals surface area (Å²) in [6, 6.07) is 36.4. The highest BCUT2D eigenvalue weighted by Gasteiger charge is 2.29. The SMILES string of the molecule is CC(C)OC(=O)Nc1ccc(-c2ncc(-c3ccc(NC(=O)NCc4cccc(N)c4)cc3S(=O)(=O)NC(C)(C)C)s2)cc1.CC(C)OC(=O)Nc1ccc(-c2ncc(-c3ccc(NC(=O)NCc4cccc(N=[N+]=[N-])c4)cc3S(=O)(=O)NC(C)(C)C)s2)cc1. The highest BCUT2D eigenvalue weighted by atomic mass is 32.2. The van der Waals surface area contributed by atoms with Crippen LogP contribution in [0.2, 0.25) is 0 Å². The van der Waals surface area contributed by atoms with Crippen molar-refractivity contribution in [2.75, 3.05) is 27.0 Å². The van der Waals surface area contributed by atoms with E-state index in [1.807, 2.05) is 18.2 Å². The van der Waals surface area contributed by atoms with Crippen LogP contribution in [0.1, 0.15) is 80.4 Å². The van der Waals surface area contributed by atoms with Crippen molar-refractivity contribution < 1.29 is 45.5 Å². The summed E-state index contributed by atoms with van der Waals surface area (Å²) in [5.41, 5.74) is 19.6. The van der Waals surface area contributed by atoms with Crippen molar-refractivity contribution in [3.8, 4) is 42.0 Å². The maximum Gasteiger partial charge on any atom is 0.411 e. The molecule has 28 heteroatoms. The zero-order valence-corrected chi connectivity index (χ0v) is 54.2. The number of rotatable bonds is 19. The number of hydrogen-bond acceptors (Lipinski definition) is 16. The molecular weight excluding hydrogens is 1230 g/mol. The Morgan fingerprint density at radius 3 is 1.34 bits per heavy atom. The third-order valence-electron chi connectivity index (χ3n) is 11.9. The number of ether oxygens (including phenoxy) is 2. The Hall–Kier alpha value is -9.41. The van der Waals surface area contributed by atoms with Gasteiger partial charge in [-0.3, -0.25) is 10.6 Å². The van der Waals surface area contributed by atoms with Gasteiger partial charge in [-0.25, -0.2) is 55.4 Å². The van der Waals surface area contributed by atoms with Gasteiger partial charge in [-0.05, 0) is 177 Å². The van der Waals surface area contributed by atoms with Crippen LogP contribution in [-0.4, -0.2) is 74.3 Å². The van der Waals surface area contributed by atoms with E-state index in [2.05, 4.69) is 61.3 Å². The minimum Gasteiger partial charge on any atom is -0.447 e. The van der Waals surface area contributed by atoms with Crippen LogP contribution in [0.4, 0.5) is 53.3 Å². The fraction of sp³-hybridized carbons (Fsp3) is 0.258. The highest BCUT2D eigenvalue weighted by Crippen LogP contribution is 2.39. The molecule has 0 unspecified atom stereocenters. The maximum atomic E-state index is 13.6. The normalized spacial score (nSPS) is 11.6. The summed E-state index contributed by atoms with van der Waals surface area (Å²) in [6.07, 6.45) is 1.63. The van der Waals surface area contributed by atoms with Gasteiger partial charge in [0.1, 0.15) is 10.0 Å². The van der Waals surface area contributed by atoms with Gasteiger partial charge in [0.25, 0.3) is 0 Å². The van der Waals surface area contributed by atoms with Crippen molar-refractivity contribution in [2.24, 2.45) is 5.11 Å². The Morgan fingerprint density at radius 2 is 0.956 bits per heavy atom. The second kappa shape index (κ2) is 29.7. The molecular formula is C62H70N14O10S4. The molecule has 0 fully saturated rings. The lowest BCUT2D eigenvalue weighted by molar-refractivity contribution is 0.129. The minimum absolute atomic E-state index is 0.000490. The van der Waals surface area contributed by atoms with Gasteiger partial charge >= 0.3 is 24.2 Å². The van der Waals surface area contributed by atoms with Crippen LogP contribution in [0.3, 0.4) is 0 Å². The molecule has 0 saturated heterocycles.